The van der Waals surface area contributed by atoms with Gasteiger partial charge in [-0.15, -0.1) is 10.2 Å². The Morgan fingerprint density at radius 3 is 2.28 bits per heavy atom. The molecule has 1 heterocycles. The Bertz CT molecular complexity index is 1240. The van der Waals surface area contributed by atoms with Gasteiger partial charge in [0.2, 0.25) is 11.8 Å². The van der Waals surface area contributed by atoms with Gasteiger partial charge in [-0.25, -0.2) is 0 Å². The van der Waals surface area contributed by atoms with Gasteiger partial charge in [-0.1, -0.05) is 18.2 Å². The van der Waals surface area contributed by atoms with Crippen molar-refractivity contribution < 1.29 is 27.1 Å². The van der Waals surface area contributed by atoms with E-state index in [1.54, 1.807) is 25.3 Å². The Labute approximate surface area is 189 Å². The lowest BCUT2D eigenvalue weighted by Crippen LogP contribution is -2.04. The molecule has 0 amide bonds. The molecule has 0 aliphatic rings. The van der Waals surface area contributed by atoms with Crippen LogP contribution in [0.5, 0.6) is 11.5 Å². The summed E-state index contributed by atoms with van der Waals surface area (Å²) in [6, 6.07) is 17.4. The normalized spacial score (nSPS) is 11.4. The molecule has 4 rings (SSSR count). The number of alkyl halides is 3. The molecule has 0 aliphatic carbocycles. The van der Waals surface area contributed by atoms with E-state index in [2.05, 4.69) is 26.1 Å². The summed E-state index contributed by atoms with van der Waals surface area (Å²) in [6.07, 6.45) is -4.46. The maximum absolute atomic E-state index is 13.0. The van der Waals surface area contributed by atoms with E-state index in [0.717, 1.165) is 22.2 Å². The van der Waals surface area contributed by atoms with Crippen molar-refractivity contribution in [3.8, 4) is 34.4 Å². The molecule has 4 aromatic rings. The van der Waals surface area contributed by atoms with Crippen LogP contribution in [0.2, 0.25) is 0 Å². The molecule has 0 radical (unpaired) electrons. The van der Waals surface area contributed by atoms with Crippen LogP contribution >= 0.6 is 15.9 Å². The second-order valence-electron chi connectivity index (χ2n) is 6.74. The third-order valence-electron chi connectivity index (χ3n) is 4.61. The molecule has 9 heteroatoms. The molecule has 32 heavy (non-hydrogen) atoms. The van der Waals surface area contributed by atoms with E-state index in [1.807, 2.05) is 24.3 Å². The number of nitrogens with zero attached hydrogens (tertiary/aromatic N) is 2. The van der Waals surface area contributed by atoms with Gasteiger partial charge in [0.1, 0.15) is 18.1 Å². The number of ether oxygens (including phenoxy) is 2. The zero-order valence-corrected chi connectivity index (χ0v) is 18.3. The summed E-state index contributed by atoms with van der Waals surface area (Å²) in [7, 11) is 1.55. The van der Waals surface area contributed by atoms with Gasteiger partial charge in [-0.2, -0.15) is 13.2 Å². The average molecular weight is 505 g/mol. The summed E-state index contributed by atoms with van der Waals surface area (Å²) < 4.78 is 56.7. The molecule has 0 N–H and O–H groups in total. The molecule has 0 unspecified atom stereocenters. The molecular formula is C23H16BrF3N2O3. The van der Waals surface area contributed by atoms with Crippen molar-refractivity contribution in [3.63, 3.8) is 0 Å². The van der Waals surface area contributed by atoms with Crippen molar-refractivity contribution in [2.75, 3.05) is 7.11 Å². The first kappa shape index (κ1) is 21.9. The van der Waals surface area contributed by atoms with Crippen LogP contribution in [-0.4, -0.2) is 17.3 Å². The Hall–Kier alpha value is -3.33. The second kappa shape index (κ2) is 9.04. The fourth-order valence-electron chi connectivity index (χ4n) is 3.03. The molecule has 0 saturated heterocycles. The standard InChI is InChI=1S/C23H16BrF3N2O3/c1-30-19-10-9-15(11-16(19)13-31-20-8-3-2-7-18(20)24)22-29-28-21(32-22)14-5-4-6-17(12-14)23(25,26)27/h2-12H,13H2,1H3. The van der Waals surface area contributed by atoms with Crippen LogP contribution in [0.15, 0.2) is 75.6 Å². The molecular weight excluding hydrogens is 489 g/mol. The number of hydrogen-bond acceptors (Lipinski definition) is 5. The van der Waals surface area contributed by atoms with Gasteiger partial charge < -0.3 is 13.9 Å². The van der Waals surface area contributed by atoms with E-state index in [0.29, 0.717) is 17.1 Å². The molecule has 0 bridgehead atoms. The van der Waals surface area contributed by atoms with E-state index in [1.165, 1.54) is 12.1 Å². The fraction of sp³-hybridized carbons (Fsp3) is 0.130. The van der Waals surface area contributed by atoms with Crippen molar-refractivity contribution in [2.24, 2.45) is 0 Å². The van der Waals surface area contributed by atoms with Gasteiger partial charge in [0.05, 0.1) is 17.1 Å². The molecule has 0 spiro atoms. The molecule has 3 aromatic carbocycles. The maximum atomic E-state index is 13.0. The lowest BCUT2D eigenvalue weighted by Gasteiger charge is -2.12. The van der Waals surface area contributed by atoms with E-state index in [9.17, 15) is 13.2 Å². The fourth-order valence-corrected chi connectivity index (χ4v) is 3.43. The Balaban J connectivity index is 1.60. The number of aromatic nitrogens is 2. The highest BCUT2D eigenvalue weighted by molar-refractivity contribution is 9.10. The third kappa shape index (κ3) is 4.77. The van der Waals surface area contributed by atoms with Gasteiger partial charge >= 0.3 is 6.18 Å². The minimum atomic E-state index is -4.46. The number of para-hydroxylation sites is 1. The van der Waals surface area contributed by atoms with Crippen LogP contribution < -0.4 is 9.47 Å². The number of methoxy groups -OCH3 is 1. The lowest BCUT2D eigenvalue weighted by molar-refractivity contribution is -0.137. The average Bonchev–Trinajstić information content (AvgIpc) is 3.28. The van der Waals surface area contributed by atoms with E-state index >= 15 is 0 Å². The molecule has 0 saturated carbocycles. The minimum Gasteiger partial charge on any atom is -0.496 e. The minimum absolute atomic E-state index is 0.00654. The number of benzene rings is 3. The predicted octanol–water partition coefficient (Wildman–Crippen LogP) is 6.77. The number of hydrogen-bond donors (Lipinski definition) is 0. The molecule has 1 aromatic heterocycles. The van der Waals surface area contributed by atoms with Crippen LogP contribution in [0.1, 0.15) is 11.1 Å². The molecule has 0 aliphatic heterocycles. The maximum Gasteiger partial charge on any atom is 0.416 e. The zero-order valence-electron chi connectivity index (χ0n) is 16.7. The number of halogens is 4. The van der Waals surface area contributed by atoms with Gasteiger partial charge in [-0.05, 0) is 64.5 Å². The summed E-state index contributed by atoms with van der Waals surface area (Å²) in [6.45, 7) is 0.217. The second-order valence-corrected chi connectivity index (χ2v) is 7.59. The van der Waals surface area contributed by atoms with Crippen molar-refractivity contribution in [3.05, 3.63) is 82.3 Å². The Morgan fingerprint density at radius 2 is 1.59 bits per heavy atom. The molecule has 0 atom stereocenters. The highest BCUT2D eigenvalue weighted by Crippen LogP contribution is 2.33. The van der Waals surface area contributed by atoms with Gasteiger partial charge in [0.15, 0.2) is 0 Å². The summed E-state index contributed by atoms with van der Waals surface area (Å²) >= 11 is 3.44. The quantitative estimate of drug-likeness (QED) is 0.290. The topological polar surface area (TPSA) is 57.4 Å². The third-order valence-corrected chi connectivity index (χ3v) is 5.26. The summed E-state index contributed by atoms with van der Waals surface area (Å²) in [4.78, 5) is 0. The van der Waals surface area contributed by atoms with Gasteiger partial charge in [-0.3, -0.25) is 0 Å². The van der Waals surface area contributed by atoms with Crippen LogP contribution in [0.25, 0.3) is 22.9 Å². The predicted molar refractivity (Wildman–Crippen MR) is 115 cm³/mol. The van der Waals surface area contributed by atoms with Crippen LogP contribution in [0.4, 0.5) is 13.2 Å². The summed E-state index contributed by atoms with van der Waals surface area (Å²) in [5, 5.41) is 7.91. The first-order chi connectivity index (χ1) is 15.3. The van der Waals surface area contributed by atoms with E-state index in [-0.39, 0.29) is 24.0 Å². The van der Waals surface area contributed by atoms with Crippen molar-refractivity contribution in [2.45, 2.75) is 12.8 Å². The van der Waals surface area contributed by atoms with Gasteiger partial charge in [0.25, 0.3) is 0 Å². The van der Waals surface area contributed by atoms with E-state index in [4.69, 9.17) is 13.9 Å². The summed E-state index contributed by atoms with van der Waals surface area (Å²) in [5.74, 6) is 1.44. The smallest absolute Gasteiger partial charge is 0.416 e. The number of rotatable bonds is 6. The monoisotopic (exact) mass is 504 g/mol. The Morgan fingerprint density at radius 1 is 0.875 bits per heavy atom. The molecule has 5 nitrogen and oxygen atoms in total. The van der Waals surface area contributed by atoms with Crippen molar-refractivity contribution in [1.82, 2.24) is 10.2 Å². The van der Waals surface area contributed by atoms with Crippen LogP contribution in [-0.2, 0) is 12.8 Å². The SMILES string of the molecule is COc1ccc(-c2nnc(-c3cccc(C(F)(F)F)c3)o2)cc1COc1ccccc1Br. The highest BCUT2D eigenvalue weighted by atomic mass is 79.9. The van der Waals surface area contributed by atoms with E-state index < -0.39 is 11.7 Å². The molecule has 164 valence electrons. The Kier molecular flexibility index (Phi) is 6.18. The lowest BCUT2D eigenvalue weighted by atomic mass is 10.1. The zero-order chi connectivity index (χ0) is 22.7. The summed E-state index contributed by atoms with van der Waals surface area (Å²) in [5.41, 5.74) is 0.720. The first-order valence-corrected chi connectivity index (χ1v) is 10.2. The first-order valence-electron chi connectivity index (χ1n) is 9.41. The van der Waals surface area contributed by atoms with Crippen molar-refractivity contribution >= 4 is 15.9 Å². The van der Waals surface area contributed by atoms with Gasteiger partial charge in [0, 0.05) is 16.7 Å². The molecule has 0 fully saturated rings. The highest BCUT2D eigenvalue weighted by Gasteiger charge is 2.31. The largest absolute Gasteiger partial charge is 0.496 e. The van der Waals surface area contributed by atoms with Crippen LogP contribution in [0.3, 0.4) is 0 Å². The van der Waals surface area contributed by atoms with Crippen LogP contribution in [0, 0.1) is 0 Å². The van der Waals surface area contributed by atoms with Crippen molar-refractivity contribution in [1.29, 1.82) is 0 Å².